The maximum Gasteiger partial charge on any atom is 0.152 e. The molecule has 0 radical (unpaired) electrons. The van der Waals surface area contributed by atoms with Crippen LogP contribution in [-0.4, -0.2) is 0 Å². The fraction of sp³-hybridized carbons (Fsp3) is 0.125. The second-order valence-electron chi connectivity index (χ2n) is 4.91. The third kappa shape index (κ3) is 2.72. The number of halogens is 2. The molecule has 3 nitrogen and oxygen atoms in total. The molecule has 5 heteroatoms. The van der Waals surface area contributed by atoms with Crippen molar-refractivity contribution in [2.24, 2.45) is 5.84 Å². The maximum absolute atomic E-state index is 6.17. The Kier molecular flexibility index (Phi) is 4.04. The lowest BCUT2D eigenvalue weighted by atomic mass is 10.00. The third-order valence-corrected chi connectivity index (χ3v) is 4.31. The minimum atomic E-state index is -0.231. The number of aryl methyl sites for hydroxylation is 1. The van der Waals surface area contributed by atoms with E-state index in [2.05, 4.69) is 21.4 Å². The molecule has 0 aliphatic heterocycles. The molecular formula is C16H14BrClN2O. The van der Waals surface area contributed by atoms with Crippen molar-refractivity contribution in [2.45, 2.75) is 13.0 Å². The van der Waals surface area contributed by atoms with E-state index in [1.807, 2.05) is 49.4 Å². The van der Waals surface area contributed by atoms with Crippen LogP contribution >= 0.6 is 27.5 Å². The van der Waals surface area contributed by atoms with Gasteiger partial charge in [-0.1, -0.05) is 45.7 Å². The number of hydrogen-bond donors (Lipinski definition) is 2. The van der Waals surface area contributed by atoms with Crippen molar-refractivity contribution in [2.75, 3.05) is 0 Å². The summed E-state index contributed by atoms with van der Waals surface area (Å²) in [5.74, 6) is 6.50. The molecule has 0 bridgehead atoms. The minimum Gasteiger partial charge on any atom is -0.457 e. The van der Waals surface area contributed by atoms with E-state index < -0.39 is 0 Å². The number of furan rings is 1. The van der Waals surface area contributed by atoms with Crippen LogP contribution < -0.4 is 11.3 Å². The molecule has 3 rings (SSSR count). The zero-order chi connectivity index (χ0) is 15.0. The molecule has 1 heterocycles. The van der Waals surface area contributed by atoms with Crippen LogP contribution in [0.15, 0.2) is 51.4 Å². The van der Waals surface area contributed by atoms with Gasteiger partial charge in [-0.15, -0.1) is 0 Å². The molecule has 21 heavy (non-hydrogen) atoms. The number of rotatable bonds is 3. The van der Waals surface area contributed by atoms with E-state index in [0.717, 1.165) is 26.7 Å². The molecule has 0 aliphatic carbocycles. The number of nitrogens with two attached hydrogens (primary N) is 1. The van der Waals surface area contributed by atoms with E-state index in [9.17, 15) is 0 Å². The van der Waals surface area contributed by atoms with Gasteiger partial charge in [-0.3, -0.25) is 5.84 Å². The molecular weight excluding hydrogens is 352 g/mol. The minimum absolute atomic E-state index is 0.231. The molecule has 0 aliphatic rings. The topological polar surface area (TPSA) is 51.2 Å². The van der Waals surface area contributed by atoms with Gasteiger partial charge < -0.3 is 4.42 Å². The van der Waals surface area contributed by atoms with Gasteiger partial charge in [0.15, 0.2) is 5.58 Å². The first kappa shape index (κ1) is 14.6. The highest BCUT2D eigenvalue weighted by Crippen LogP contribution is 2.33. The summed E-state index contributed by atoms with van der Waals surface area (Å²) in [6.45, 7) is 2.04. The van der Waals surface area contributed by atoms with Crippen LogP contribution in [0.2, 0.25) is 5.02 Å². The number of hydrazine groups is 1. The summed E-state index contributed by atoms with van der Waals surface area (Å²) >= 11 is 9.66. The van der Waals surface area contributed by atoms with Gasteiger partial charge >= 0.3 is 0 Å². The average Bonchev–Trinajstić information content (AvgIpc) is 2.89. The van der Waals surface area contributed by atoms with Crippen LogP contribution in [0.4, 0.5) is 0 Å². The summed E-state index contributed by atoms with van der Waals surface area (Å²) in [4.78, 5) is 0. The van der Waals surface area contributed by atoms with Gasteiger partial charge in [0, 0.05) is 9.86 Å². The van der Waals surface area contributed by atoms with E-state index in [4.69, 9.17) is 21.9 Å². The van der Waals surface area contributed by atoms with Crippen molar-refractivity contribution in [3.05, 3.63) is 68.8 Å². The lowest BCUT2D eigenvalue weighted by molar-refractivity contribution is 0.476. The van der Waals surface area contributed by atoms with Gasteiger partial charge in [-0.05, 0) is 42.3 Å². The SMILES string of the molecule is Cc1ccc(Br)cc1C(NN)c1cc2cccc(Cl)c2o1. The van der Waals surface area contributed by atoms with Crippen LogP contribution in [0.1, 0.15) is 22.9 Å². The van der Waals surface area contributed by atoms with Gasteiger partial charge in [0.25, 0.3) is 0 Å². The van der Waals surface area contributed by atoms with Crippen LogP contribution in [0.25, 0.3) is 11.0 Å². The number of para-hydroxylation sites is 1. The zero-order valence-corrected chi connectivity index (χ0v) is 13.7. The van der Waals surface area contributed by atoms with Crippen molar-refractivity contribution in [1.29, 1.82) is 0 Å². The van der Waals surface area contributed by atoms with Crippen LogP contribution in [0.3, 0.4) is 0 Å². The Hall–Kier alpha value is -1.33. The molecule has 3 aromatic rings. The summed E-state index contributed by atoms with van der Waals surface area (Å²) in [7, 11) is 0. The van der Waals surface area contributed by atoms with Crippen LogP contribution in [-0.2, 0) is 0 Å². The van der Waals surface area contributed by atoms with E-state index in [0.29, 0.717) is 10.6 Å². The zero-order valence-electron chi connectivity index (χ0n) is 11.4. The Balaban J connectivity index is 2.13. The van der Waals surface area contributed by atoms with E-state index in [1.165, 1.54) is 0 Å². The number of nitrogens with one attached hydrogen (secondary N) is 1. The predicted octanol–water partition coefficient (Wildman–Crippen LogP) is 4.71. The molecule has 1 unspecified atom stereocenters. The standard InChI is InChI=1S/C16H14BrClN2O/c1-9-5-6-11(17)8-12(9)15(20-19)14-7-10-3-2-4-13(18)16(10)21-14/h2-8,15,20H,19H2,1H3. The van der Waals surface area contributed by atoms with Crippen molar-refractivity contribution >= 4 is 38.5 Å². The average molecular weight is 366 g/mol. The van der Waals surface area contributed by atoms with Gasteiger partial charge in [0.05, 0.1) is 5.02 Å². The first-order valence-corrected chi connectivity index (χ1v) is 7.67. The largest absolute Gasteiger partial charge is 0.457 e. The highest BCUT2D eigenvalue weighted by Gasteiger charge is 2.20. The summed E-state index contributed by atoms with van der Waals surface area (Å²) in [5.41, 5.74) is 5.70. The third-order valence-electron chi connectivity index (χ3n) is 3.52. The fourth-order valence-electron chi connectivity index (χ4n) is 2.44. The Morgan fingerprint density at radius 1 is 1.24 bits per heavy atom. The van der Waals surface area contributed by atoms with Gasteiger partial charge in [0.2, 0.25) is 0 Å². The predicted molar refractivity (Wildman–Crippen MR) is 89.3 cm³/mol. The van der Waals surface area contributed by atoms with Crippen LogP contribution in [0.5, 0.6) is 0 Å². The fourth-order valence-corrected chi connectivity index (χ4v) is 3.04. The normalized spacial score (nSPS) is 12.8. The molecule has 3 N–H and O–H groups in total. The number of fused-ring (bicyclic) bond motifs is 1. The molecule has 0 spiro atoms. The Labute approximate surface area is 136 Å². The second kappa shape index (κ2) is 5.81. The smallest absolute Gasteiger partial charge is 0.152 e. The Morgan fingerprint density at radius 2 is 2.05 bits per heavy atom. The van der Waals surface area contributed by atoms with E-state index in [1.54, 1.807) is 0 Å². The van der Waals surface area contributed by atoms with E-state index in [-0.39, 0.29) is 6.04 Å². The molecule has 0 saturated heterocycles. The summed E-state index contributed by atoms with van der Waals surface area (Å²) in [5, 5.41) is 1.56. The molecule has 0 amide bonds. The highest BCUT2D eigenvalue weighted by atomic mass is 79.9. The molecule has 0 saturated carbocycles. The Bertz CT molecular complexity index is 800. The highest BCUT2D eigenvalue weighted by molar-refractivity contribution is 9.10. The molecule has 0 fully saturated rings. The summed E-state index contributed by atoms with van der Waals surface area (Å²) in [6, 6.07) is 13.5. The monoisotopic (exact) mass is 364 g/mol. The number of hydrogen-bond acceptors (Lipinski definition) is 3. The number of benzene rings is 2. The summed E-state index contributed by atoms with van der Waals surface area (Å²) in [6.07, 6.45) is 0. The molecule has 1 aromatic heterocycles. The molecule has 2 aromatic carbocycles. The first-order valence-electron chi connectivity index (χ1n) is 6.50. The first-order chi connectivity index (χ1) is 10.1. The maximum atomic E-state index is 6.17. The molecule has 1 atom stereocenters. The quantitative estimate of drug-likeness (QED) is 0.522. The van der Waals surface area contributed by atoms with Crippen molar-refractivity contribution in [3.8, 4) is 0 Å². The summed E-state index contributed by atoms with van der Waals surface area (Å²) < 4.78 is 6.91. The van der Waals surface area contributed by atoms with Crippen molar-refractivity contribution < 1.29 is 4.42 Å². The molecule has 108 valence electrons. The Morgan fingerprint density at radius 3 is 2.76 bits per heavy atom. The van der Waals surface area contributed by atoms with Gasteiger partial charge in [-0.2, -0.15) is 0 Å². The lowest BCUT2D eigenvalue weighted by Gasteiger charge is -2.16. The lowest BCUT2D eigenvalue weighted by Crippen LogP contribution is -2.29. The van der Waals surface area contributed by atoms with Crippen LogP contribution in [0, 0.1) is 6.92 Å². The van der Waals surface area contributed by atoms with Crippen molar-refractivity contribution in [3.63, 3.8) is 0 Å². The van der Waals surface area contributed by atoms with Gasteiger partial charge in [0.1, 0.15) is 11.8 Å². The van der Waals surface area contributed by atoms with Crippen molar-refractivity contribution in [1.82, 2.24) is 5.43 Å². The van der Waals surface area contributed by atoms with Gasteiger partial charge in [-0.25, -0.2) is 5.43 Å². The van der Waals surface area contributed by atoms with E-state index >= 15 is 0 Å². The second-order valence-corrected chi connectivity index (χ2v) is 6.23.